The van der Waals surface area contributed by atoms with E-state index in [2.05, 4.69) is 20.1 Å². The summed E-state index contributed by atoms with van der Waals surface area (Å²) in [5, 5.41) is 9.26. The van der Waals surface area contributed by atoms with Gasteiger partial charge in [0.25, 0.3) is 0 Å². The number of hydrogen-bond donors (Lipinski definition) is 1. The van der Waals surface area contributed by atoms with Gasteiger partial charge >= 0.3 is 5.97 Å². The summed E-state index contributed by atoms with van der Waals surface area (Å²) in [7, 11) is 0. The molecule has 3 aliphatic heterocycles. The first-order valence-electron chi connectivity index (χ1n) is 12.7. The number of esters is 1. The number of unbranched alkanes of at least 4 members (excludes halogenated alkanes) is 3. The number of aliphatic hydroxyl groups is 1. The van der Waals surface area contributed by atoms with Crippen LogP contribution < -0.4 is 0 Å². The van der Waals surface area contributed by atoms with E-state index in [9.17, 15) is 19.5 Å². The standard InChI is InChI=1S/C26H40N2O6/c1-4-7-11-18-33-25(32)20-19-12-13-26(34-19)21(20)23(30)28(16-9-10-17-29)22(26)24(31)27(14-6-3)15-8-5-2/h4,6,19-22,29H,1,3,5,7-18H2,2H3/t19-,20+,21-,22?,26?/m0/s1. The Bertz CT molecular complexity index is 770. The molecule has 8 heteroatoms. The van der Waals surface area contributed by atoms with Gasteiger partial charge in [-0.2, -0.15) is 0 Å². The van der Waals surface area contributed by atoms with Crippen molar-refractivity contribution in [2.24, 2.45) is 11.8 Å². The van der Waals surface area contributed by atoms with Gasteiger partial charge in [0.05, 0.1) is 24.5 Å². The SMILES string of the molecule is C=CCCCOC(=O)[C@@H]1[C@@H]2CCC3(O2)C(C(=O)N(CC=C)CCCC)N(CCCCO)C(=O)[C@H]13. The zero-order valence-corrected chi connectivity index (χ0v) is 20.5. The van der Waals surface area contributed by atoms with Crippen LogP contribution in [0.5, 0.6) is 0 Å². The highest BCUT2D eigenvalue weighted by Crippen LogP contribution is 2.58. The molecule has 1 N–H and O–H groups in total. The van der Waals surface area contributed by atoms with Crippen LogP contribution in [0, 0.1) is 11.8 Å². The normalized spacial score (nSPS) is 29.2. The minimum atomic E-state index is -1.01. The molecular formula is C26H40N2O6. The van der Waals surface area contributed by atoms with E-state index in [0.717, 1.165) is 19.3 Å². The van der Waals surface area contributed by atoms with Crippen molar-refractivity contribution in [3.8, 4) is 0 Å². The first kappa shape index (κ1) is 26.4. The van der Waals surface area contributed by atoms with E-state index in [0.29, 0.717) is 51.7 Å². The molecule has 0 aromatic carbocycles. The van der Waals surface area contributed by atoms with Crippen molar-refractivity contribution in [3.63, 3.8) is 0 Å². The van der Waals surface area contributed by atoms with Gasteiger partial charge in [0, 0.05) is 26.2 Å². The number of rotatable bonds is 15. The first-order valence-corrected chi connectivity index (χ1v) is 12.7. The van der Waals surface area contributed by atoms with Crippen LogP contribution >= 0.6 is 0 Å². The zero-order chi connectivity index (χ0) is 24.7. The zero-order valence-electron chi connectivity index (χ0n) is 20.5. The number of likely N-dealkylation sites (tertiary alicyclic amines) is 1. The third-order valence-electron chi connectivity index (χ3n) is 7.35. The molecule has 0 radical (unpaired) electrons. The molecule has 3 fully saturated rings. The van der Waals surface area contributed by atoms with Crippen LogP contribution in [0.25, 0.3) is 0 Å². The van der Waals surface area contributed by atoms with Crippen LogP contribution in [-0.2, 0) is 23.9 Å². The van der Waals surface area contributed by atoms with Gasteiger partial charge in [-0.25, -0.2) is 0 Å². The van der Waals surface area contributed by atoms with Gasteiger partial charge < -0.3 is 24.4 Å². The van der Waals surface area contributed by atoms with Crippen molar-refractivity contribution in [3.05, 3.63) is 25.3 Å². The monoisotopic (exact) mass is 476 g/mol. The van der Waals surface area contributed by atoms with Crippen LogP contribution in [0.15, 0.2) is 25.3 Å². The summed E-state index contributed by atoms with van der Waals surface area (Å²) >= 11 is 0. The fourth-order valence-electron chi connectivity index (χ4n) is 5.80. The molecule has 0 aliphatic carbocycles. The molecule has 3 rings (SSSR count). The molecule has 1 spiro atoms. The number of hydrogen-bond acceptors (Lipinski definition) is 6. The minimum absolute atomic E-state index is 0.0204. The highest BCUT2D eigenvalue weighted by molar-refractivity contribution is 5.98. The van der Waals surface area contributed by atoms with Crippen molar-refractivity contribution >= 4 is 17.8 Å². The lowest BCUT2D eigenvalue weighted by Gasteiger charge is -2.36. The molecular weight excluding hydrogens is 436 g/mol. The van der Waals surface area contributed by atoms with E-state index in [-0.39, 0.29) is 25.0 Å². The molecule has 0 aromatic heterocycles. The van der Waals surface area contributed by atoms with Gasteiger partial charge in [0.1, 0.15) is 11.6 Å². The van der Waals surface area contributed by atoms with Gasteiger partial charge in [0.2, 0.25) is 11.8 Å². The van der Waals surface area contributed by atoms with Crippen LogP contribution in [0.1, 0.15) is 58.3 Å². The lowest BCUT2D eigenvalue weighted by Crippen LogP contribution is -2.56. The molecule has 3 heterocycles. The van der Waals surface area contributed by atoms with Crippen molar-refractivity contribution in [2.75, 3.05) is 32.8 Å². The van der Waals surface area contributed by atoms with Gasteiger partial charge in [-0.3, -0.25) is 14.4 Å². The lowest BCUT2D eigenvalue weighted by molar-refractivity contribution is -0.155. The average Bonchev–Trinajstić information content (AvgIpc) is 3.47. The Morgan fingerprint density at radius 2 is 2.06 bits per heavy atom. The van der Waals surface area contributed by atoms with E-state index in [1.807, 2.05) is 0 Å². The molecule has 0 aromatic rings. The predicted molar refractivity (Wildman–Crippen MR) is 128 cm³/mol. The molecule has 2 unspecified atom stereocenters. The van der Waals surface area contributed by atoms with Crippen LogP contribution in [0.4, 0.5) is 0 Å². The Labute approximate surface area is 202 Å². The van der Waals surface area contributed by atoms with E-state index in [1.165, 1.54) is 0 Å². The summed E-state index contributed by atoms with van der Waals surface area (Å²) in [5.41, 5.74) is -1.01. The minimum Gasteiger partial charge on any atom is -0.465 e. The second-order valence-electron chi connectivity index (χ2n) is 9.54. The molecule has 3 saturated heterocycles. The van der Waals surface area contributed by atoms with Crippen LogP contribution in [0.2, 0.25) is 0 Å². The summed E-state index contributed by atoms with van der Waals surface area (Å²) in [6, 6.07) is -0.774. The van der Waals surface area contributed by atoms with E-state index in [4.69, 9.17) is 9.47 Å². The van der Waals surface area contributed by atoms with Gasteiger partial charge in [-0.05, 0) is 44.9 Å². The van der Waals surface area contributed by atoms with Crippen LogP contribution in [0.3, 0.4) is 0 Å². The molecule has 0 saturated carbocycles. The van der Waals surface area contributed by atoms with Crippen molar-refractivity contribution in [1.29, 1.82) is 0 Å². The highest BCUT2D eigenvalue weighted by atomic mass is 16.6. The Morgan fingerprint density at radius 1 is 1.26 bits per heavy atom. The second kappa shape index (κ2) is 12.0. The molecule has 34 heavy (non-hydrogen) atoms. The Morgan fingerprint density at radius 3 is 2.74 bits per heavy atom. The van der Waals surface area contributed by atoms with Crippen LogP contribution in [-0.4, -0.2) is 83.3 Å². The van der Waals surface area contributed by atoms with Crippen molar-refractivity contribution in [2.45, 2.75) is 76.0 Å². The van der Waals surface area contributed by atoms with E-state index in [1.54, 1.807) is 22.0 Å². The predicted octanol–water partition coefficient (Wildman–Crippen LogP) is 2.46. The number of amides is 2. The number of allylic oxidation sites excluding steroid dienone is 1. The highest BCUT2D eigenvalue weighted by Gasteiger charge is 2.74. The number of nitrogens with zero attached hydrogens (tertiary/aromatic N) is 2. The molecule has 190 valence electrons. The topological polar surface area (TPSA) is 96.4 Å². The maximum Gasteiger partial charge on any atom is 0.312 e. The largest absolute Gasteiger partial charge is 0.465 e. The fourth-order valence-corrected chi connectivity index (χ4v) is 5.80. The fraction of sp³-hybridized carbons (Fsp3) is 0.731. The van der Waals surface area contributed by atoms with E-state index < -0.39 is 35.6 Å². The number of fused-ring (bicyclic) bond motifs is 1. The molecule has 5 atom stereocenters. The smallest absolute Gasteiger partial charge is 0.312 e. The summed E-state index contributed by atoms with van der Waals surface area (Å²) < 4.78 is 11.9. The van der Waals surface area contributed by atoms with Gasteiger partial charge in [-0.1, -0.05) is 25.5 Å². The molecule has 3 aliphatic rings. The summed E-state index contributed by atoms with van der Waals surface area (Å²) in [6.45, 7) is 11.2. The molecule has 8 nitrogen and oxygen atoms in total. The Hall–Kier alpha value is -2.19. The number of ether oxygens (including phenoxy) is 2. The van der Waals surface area contributed by atoms with Gasteiger partial charge in [0.15, 0.2) is 0 Å². The third kappa shape index (κ3) is 4.93. The molecule has 2 bridgehead atoms. The quantitative estimate of drug-likeness (QED) is 0.222. The maximum atomic E-state index is 13.9. The maximum absolute atomic E-state index is 13.9. The summed E-state index contributed by atoms with van der Waals surface area (Å²) in [6.07, 6.45) is 8.59. The Kier molecular flexibility index (Phi) is 9.31. The summed E-state index contributed by atoms with van der Waals surface area (Å²) in [5.74, 6) is -2.16. The van der Waals surface area contributed by atoms with E-state index >= 15 is 0 Å². The third-order valence-corrected chi connectivity index (χ3v) is 7.35. The lowest BCUT2D eigenvalue weighted by atomic mass is 9.70. The first-order chi connectivity index (χ1) is 16.5. The number of carbonyl (C=O) groups excluding carboxylic acids is 3. The Balaban J connectivity index is 1.89. The molecule has 2 amide bonds. The average molecular weight is 477 g/mol. The number of aliphatic hydroxyl groups excluding tert-OH is 1. The van der Waals surface area contributed by atoms with Gasteiger partial charge in [-0.15, -0.1) is 13.2 Å². The second-order valence-corrected chi connectivity index (χ2v) is 9.54. The van der Waals surface area contributed by atoms with Crippen molar-refractivity contribution in [1.82, 2.24) is 9.80 Å². The number of carbonyl (C=O) groups is 3. The summed E-state index contributed by atoms with van der Waals surface area (Å²) in [4.78, 5) is 44.1. The van der Waals surface area contributed by atoms with Crippen molar-refractivity contribution < 1.29 is 29.0 Å².